The van der Waals surface area contributed by atoms with Crippen molar-refractivity contribution in [3.63, 3.8) is 0 Å². The van der Waals surface area contributed by atoms with Gasteiger partial charge in [0.2, 0.25) is 0 Å². The Kier molecular flexibility index (Phi) is 5.76. The fourth-order valence-corrected chi connectivity index (χ4v) is 5.65. The number of piperidine rings is 1. The Morgan fingerprint density at radius 1 is 1.10 bits per heavy atom. The smallest absolute Gasteiger partial charge is 0.325 e. The zero-order chi connectivity index (χ0) is 21.4. The van der Waals surface area contributed by atoms with Crippen LogP contribution < -0.4 is 9.46 Å². The molecule has 2 aliphatic rings. The summed E-state index contributed by atoms with van der Waals surface area (Å²) < 4.78 is 35.5. The fourth-order valence-electron chi connectivity index (χ4n) is 3.93. The van der Waals surface area contributed by atoms with E-state index < -0.39 is 21.7 Å². The van der Waals surface area contributed by atoms with Crippen LogP contribution in [0.15, 0.2) is 54.6 Å². The number of hydrogen-bond donors (Lipinski definition) is 2. The molecule has 0 aromatic heterocycles. The van der Waals surface area contributed by atoms with Crippen LogP contribution in [0.1, 0.15) is 30.7 Å². The molecule has 2 aromatic rings. The Balaban J connectivity index is 1.38. The van der Waals surface area contributed by atoms with Crippen molar-refractivity contribution in [1.82, 2.24) is 9.03 Å². The normalized spacial score (nSPS) is 25.0. The maximum atomic E-state index is 12.9. The second kappa shape index (κ2) is 8.19. The average Bonchev–Trinajstić information content (AvgIpc) is 3.46. The second-order valence-corrected chi connectivity index (χ2v) is 9.83. The molecule has 1 heterocycles. The first-order valence-electron chi connectivity index (χ1n) is 9.80. The predicted octanol–water partition coefficient (Wildman–Crippen LogP) is 3.03. The zero-order valence-electron chi connectivity index (χ0n) is 16.2. The topological polar surface area (TPSA) is 95.9 Å². The van der Waals surface area contributed by atoms with E-state index >= 15 is 0 Å². The van der Waals surface area contributed by atoms with Crippen molar-refractivity contribution in [1.29, 1.82) is 0 Å². The largest absolute Gasteiger partial charge is 0.490 e. The lowest BCUT2D eigenvalue weighted by atomic mass is 10.1. The molecular formula is C21H23ClN2O5S. The molecule has 160 valence electrons. The first kappa shape index (κ1) is 21.1. The molecule has 0 radical (unpaired) electrons. The maximum Gasteiger partial charge on any atom is 0.325 e. The SMILES string of the molecule is O=C(O)[C@@]1(NS(=O)(=O)N2CCC(Oc3ccc(Cl)cc3)CC2)C[C@H]1c1ccccc1. The maximum absolute atomic E-state index is 12.9. The van der Waals surface area contributed by atoms with Crippen LogP contribution >= 0.6 is 11.6 Å². The number of hydrogen-bond acceptors (Lipinski definition) is 4. The van der Waals surface area contributed by atoms with Gasteiger partial charge in [-0.15, -0.1) is 0 Å². The Morgan fingerprint density at radius 2 is 1.73 bits per heavy atom. The minimum Gasteiger partial charge on any atom is -0.490 e. The molecule has 1 aliphatic carbocycles. The van der Waals surface area contributed by atoms with Crippen LogP contribution in [0.2, 0.25) is 5.02 Å². The summed E-state index contributed by atoms with van der Waals surface area (Å²) in [5.41, 5.74) is -0.672. The third-order valence-corrected chi connectivity index (χ3v) is 7.63. The number of carboxylic acid groups (broad SMARTS) is 1. The van der Waals surface area contributed by atoms with E-state index in [1.54, 1.807) is 24.3 Å². The monoisotopic (exact) mass is 450 g/mol. The van der Waals surface area contributed by atoms with Gasteiger partial charge in [-0.25, -0.2) is 0 Å². The molecule has 2 N–H and O–H groups in total. The van der Waals surface area contributed by atoms with E-state index in [4.69, 9.17) is 16.3 Å². The molecule has 0 bridgehead atoms. The molecule has 2 aromatic carbocycles. The van der Waals surface area contributed by atoms with Crippen molar-refractivity contribution in [2.75, 3.05) is 13.1 Å². The van der Waals surface area contributed by atoms with Gasteiger partial charge in [-0.2, -0.15) is 17.4 Å². The number of ether oxygens (including phenoxy) is 1. The predicted molar refractivity (Wildman–Crippen MR) is 113 cm³/mol. The van der Waals surface area contributed by atoms with Gasteiger partial charge < -0.3 is 9.84 Å². The minimum atomic E-state index is -3.94. The molecule has 9 heteroatoms. The summed E-state index contributed by atoms with van der Waals surface area (Å²) in [6, 6.07) is 16.2. The molecule has 1 saturated carbocycles. The lowest BCUT2D eigenvalue weighted by Crippen LogP contribution is -2.53. The molecule has 0 amide bonds. The highest BCUT2D eigenvalue weighted by Crippen LogP contribution is 2.52. The molecule has 2 atom stereocenters. The number of benzene rings is 2. The minimum absolute atomic E-state index is 0.107. The fraction of sp³-hybridized carbons (Fsp3) is 0.381. The van der Waals surface area contributed by atoms with Crippen LogP contribution in [-0.2, 0) is 15.0 Å². The van der Waals surface area contributed by atoms with Crippen molar-refractivity contribution < 1.29 is 23.1 Å². The molecule has 30 heavy (non-hydrogen) atoms. The van der Waals surface area contributed by atoms with Crippen LogP contribution in [0.5, 0.6) is 5.75 Å². The highest BCUT2D eigenvalue weighted by molar-refractivity contribution is 7.87. The lowest BCUT2D eigenvalue weighted by Gasteiger charge is -2.32. The standard InChI is InChI=1S/C21H23ClN2O5S/c22-16-6-8-17(9-7-16)29-18-10-12-24(13-11-18)30(27,28)23-21(20(25)26)14-19(21)15-4-2-1-3-5-15/h1-9,18-19,23H,10-14H2,(H,25,26)/t19-,21+/m0/s1. The van der Waals surface area contributed by atoms with Crippen molar-refractivity contribution in [3.8, 4) is 5.75 Å². The van der Waals surface area contributed by atoms with E-state index in [1.165, 1.54) is 4.31 Å². The van der Waals surface area contributed by atoms with Gasteiger partial charge in [-0.1, -0.05) is 41.9 Å². The highest BCUT2D eigenvalue weighted by atomic mass is 35.5. The number of carbonyl (C=O) groups is 1. The summed E-state index contributed by atoms with van der Waals surface area (Å²) >= 11 is 5.88. The molecule has 7 nitrogen and oxygen atoms in total. The number of rotatable bonds is 7. The van der Waals surface area contributed by atoms with Gasteiger partial charge >= 0.3 is 5.97 Å². The van der Waals surface area contributed by atoms with Crippen LogP contribution in [0.4, 0.5) is 0 Å². The molecule has 4 rings (SSSR count). The third kappa shape index (κ3) is 4.32. The number of halogens is 1. The van der Waals surface area contributed by atoms with Crippen molar-refractivity contribution in [3.05, 3.63) is 65.2 Å². The molecule has 2 fully saturated rings. The van der Waals surface area contributed by atoms with Gasteiger partial charge in [-0.05, 0) is 49.1 Å². The Hall–Kier alpha value is -2.13. The molecule has 0 spiro atoms. The summed E-state index contributed by atoms with van der Waals surface area (Å²) in [6.07, 6.45) is 1.17. The third-order valence-electron chi connectivity index (χ3n) is 5.71. The van der Waals surface area contributed by atoms with Crippen molar-refractivity contribution in [2.45, 2.75) is 36.8 Å². The van der Waals surface area contributed by atoms with E-state index in [-0.39, 0.29) is 31.5 Å². The molecule has 1 saturated heterocycles. The van der Waals surface area contributed by atoms with Gasteiger partial charge in [0.15, 0.2) is 0 Å². The Morgan fingerprint density at radius 3 is 2.33 bits per heavy atom. The first-order valence-corrected chi connectivity index (χ1v) is 11.6. The van der Waals surface area contributed by atoms with Crippen LogP contribution in [-0.4, -0.2) is 48.5 Å². The van der Waals surface area contributed by atoms with Gasteiger partial charge in [-0.3, -0.25) is 4.79 Å². The highest BCUT2D eigenvalue weighted by Gasteiger charge is 2.63. The van der Waals surface area contributed by atoms with E-state index in [9.17, 15) is 18.3 Å². The Labute approximate surface area is 180 Å². The zero-order valence-corrected chi connectivity index (χ0v) is 17.8. The van der Waals surface area contributed by atoms with E-state index in [0.717, 1.165) is 5.56 Å². The van der Waals surface area contributed by atoms with Crippen molar-refractivity contribution in [2.24, 2.45) is 0 Å². The van der Waals surface area contributed by atoms with Gasteiger partial charge in [0.05, 0.1) is 0 Å². The van der Waals surface area contributed by atoms with Crippen LogP contribution in [0, 0.1) is 0 Å². The quantitative estimate of drug-likeness (QED) is 0.676. The Bertz CT molecular complexity index is 1010. The summed E-state index contributed by atoms with van der Waals surface area (Å²) in [5, 5.41) is 10.4. The number of carboxylic acids is 1. The average molecular weight is 451 g/mol. The molecule has 0 unspecified atom stereocenters. The van der Waals surface area contributed by atoms with E-state index in [0.29, 0.717) is 23.6 Å². The first-order chi connectivity index (χ1) is 14.3. The summed E-state index contributed by atoms with van der Waals surface area (Å²) in [7, 11) is -3.94. The van der Waals surface area contributed by atoms with Crippen LogP contribution in [0.3, 0.4) is 0 Å². The molecular weight excluding hydrogens is 428 g/mol. The second-order valence-electron chi connectivity index (χ2n) is 7.72. The van der Waals surface area contributed by atoms with E-state index in [2.05, 4.69) is 4.72 Å². The summed E-state index contributed by atoms with van der Waals surface area (Å²) in [4.78, 5) is 11.9. The summed E-state index contributed by atoms with van der Waals surface area (Å²) in [6.45, 7) is 0.526. The lowest BCUT2D eigenvalue weighted by molar-refractivity contribution is -0.140. The van der Waals surface area contributed by atoms with Gasteiger partial charge in [0.25, 0.3) is 10.2 Å². The van der Waals surface area contributed by atoms with E-state index in [1.807, 2.05) is 30.3 Å². The van der Waals surface area contributed by atoms with Gasteiger partial charge in [0.1, 0.15) is 17.4 Å². The number of nitrogens with zero attached hydrogens (tertiary/aromatic N) is 1. The molecule has 1 aliphatic heterocycles. The van der Waals surface area contributed by atoms with Crippen molar-refractivity contribution >= 4 is 27.8 Å². The number of aliphatic carboxylic acids is 1. The van der Waals surface area contributed by atoms with Crippen LogP contribution in [0.25, 0.3) is 0 Å². The number of nitrogens with one attached hydrogen (secondary N) is 1. The summed E-state index contributed by atoms with van der Waals surface area (Å²) in [5.74, 6) is -0.843. The van der Waals surface area contributed by atoms with Gasteiger partial charge in [0, 0.05) is 24.0 Å².